The average Bonchev–Trinajstić information content (AvgIpc) is 3.21. The van der Waals surface area contributed by atoms with Gasteiger partial charge in [0.15, 0.2) is 0 Å². The number of nitrogens with one attached hydrogen (secondary N) is 2. The van der Waals surface area contributed by atoms with Gasteiger partial charge in [-0.15, -0.1) is 0 Å². The fourth-order valence-corrected chi connectivity index (χ4v) is 3.26. The molecule has 2 aliphatic carbocycles. The first-order valence-corrected chi connectivity index (χ1v) is 8.69. The molecule has 5 nitrogen and oxygen atoms in total. The largest absolute Gasteiger partial charge is 0.314 e. The van der Waals surface area contributed by atoms with E-state index in [2.05, 4.69) is 23.9 Å². The predicted molar refractivity (Wildman–Crippen MR) is 77.1 cm³/mol. The molecule has 0 saturated heterocycles. The van der Waals surface area contributed by atoms with E-state index in [9.17, 15) is 8.42 Å². The summed E-state index contributed by atoms with van der Waals surface area (Å²) in [5.74, 6) is 0.493. The summed E-state index contributed by atoms with van der Waals surface area (Å²) in [6, 6.07) is 0.692. The van der Waals surface area contributed by atoms with Crippen LogP contribution in [0, 0.1) is 11.3 Å². The van der Waals surface area contributed by atoms with Crippen molar-refractivity contribution in [2.24, 2.45) is 11.3 Å². The van der Waals surface area contributed by atoms with Gasteiger partial charge >= 0.3 is 0 Å². The highest BCUT2D eigenvalue weighted by molar-refractivity contribution is 7.87. The molecule has 0 amide bonds. The van der Waals surface area contributed by atoms with Gasteiger partial charge in [-0.2, -0.15) is 12.7 Å². The van der Waals surface area contributed by atoms with Crippen molar-refractivity contribution < 1.29 is 8.42 Å². The lowest BCUT2D eigenvalue weighted by atomic mass is 10.1. The maximum absolute atomic E-state index is 12.0. The van der Waals surface area contributed by atoms with Crippen molar-refractivity contribution in [2.75, 3.05) is 26.7 Å². The lowest BCUT2D eigenvalue weighted by molar-refractivity contribution is 0.439. The number of hydrogen-bond acceptors (Lipinski definition) is 3. The van der Waals surface area contributed by atoms with Crippen molar-refractivity contribution in [1.82, 2.24) is 14.3 Å². The molecule has 2 saturated carbocycles. The fraction of sp³-hybridized carbons (Fsp3) is 1.00. The number of nitrogens with zero attached hydrogens (tertiary/aromatic N) is 1. The van der Waals surface area contributed by atoms with Gasteiger partial charge in [0, 0.05) is 26.2 Å². The van der Waals surface area contributed by atoms with E-state index >= 15 is 0 Å². The molecule has 1 atom stereocenters. The van der Waals surface area contributed by atoms with Gasteiger partial charge in [-0.25, -0.2) is 4.72 Å². The second kappa shape index (κ2) is 5.68. The lowest BCUT2D eigenvalue weighted by Gasteiger charge is -2.18. The highest BCUT2D eigenvalue weighted by Gasteiger charge is 2.45. The van der Waals surface area contributed by atoms with Crippen LogP contribution in [-0.4, -0.2) is 45.4 Å². The summed E-state index contributed by atoms with van der Waals surface area (Å²) in [4.78, 5) is 0. The molecule has 112 valence electrons. The zero-order chi connectivity index (χ0) is 14.1. The van der Waals surface area contributed by atoms with Crippen LogP contribution < -0.4 is 10.0 Å². The van der Waals surface area contributed by atoms with Crippen molar-refractivity contribution in [3.05, 3.63) is 0 Å². The zero-order valence-electron chi connectivity index (χ0n) is 12.3. The Kier molecular flexibility index (Phi) is 4.55. The minimum Gasteiger partial charge on any atom is -0.314 e. The van der Waals surface area contributed by atoms with Gasteiger partial charge in [0.1, 0.15) is 0 Å². The van der Waals surface area contributed by atoms with Crippen LogP contribution in [0.5, 0.6) is 0 Å². The quantitative estimate of drug-likeness (QED) is 0.621. The van der Waals surface area contributed by atoms with Crippen LogP contribution in [0.15, 0.2) is 0 Å². The van der Waals surface area contributed by atoms with Gasteiger partial charge in [0.25, 0.3) is 10.2 Å². The predicted octanol–water partition coefficient (Wildman–Crippen LogP) is 0.941. The van der Waals surface area contributed by atoms with Crippen LogP contribution >= 0.6 is 0 Å². The molecular weight excluding hydrogens is 262 g/mol. The molecular formula is C13H27N3O2S. The monoisotopic (exact) mass is 289 g/mol. The first kappa shape index (κ1) is 15.2. The molecule has 0 spiro atoms. The highest BCUT2D eigenvalue weighted by atomic mass is 32.2. The molecule has 6 heteroatoms. The Balaban J connectivity index is 1.62. The average molecular weight is 289 g/mol. The smallest absolute Gasteiger partial charge is 0.279 e. The third-order valence-corrected chi connectivity index (χ3v) is 5.83. The van der Waals surface area contributed by atoms with E-state index in [-0.39, 0.29) is 0 Å². The molecule has 0 aromatic rings. The molecule has 2 fully saturated rings. The van der Waals surface area contributed by atoms with Crippen LogP contribution in [0.2, 0.25) is 0 Å². The summed E-state index contributed by atoms with van der Waals surface area (Å²) in [6.45, 7) is 6.40. The van der Waals surface area contributed by atoms with Crippen molar-refractivity contribution in [3.63, 3.8) is 0 Å². The van der Waals surface area contributed by atoms with Gasteiger partial charge in [-0.1, -0.05) is 13.8 Å². The number of rotatable bonds is 9. The van der Waals surface area contributed by atoms with Crippen molar-refractivity contribution in [3.8, 4) is 0 Å². The van der Waals surface area contributed by atoms with E-state index in [1.54, 1.807) is 7.05 Å². The molecule has 2 aliphatic rings. The van der Waals surface area contributed by atoms with Gasteiger partial charge in [-0.05, 0) is 43.6 Å². The maximum atomic E-state index is 12.0. The minimum atomic E-state index is -3.30. The maximum Gasteiger partial charge on any atom is 0.279 e. The Bertz CT molecular complexity index is 404. The van der Waals surface area contributed by atoms with Crippen LogP contribution in [0.25, 0.3) is 0 Å². The molecule has 0 radical (unpaired) electrons. The first-order chi connectivity index (χ1) is 8.81. The molecule has 1 unspecified atom stereocenters. The highest BCUT2D eigenvalue weighted by Crippen LogP contribution is 2.51. The molecule has 0 heterocycles. The first-order valence-electron chi connectivity index (χ1n) is 7.25. The molecule has 2 N–H and O–H groups in total. The Morgan fingerprint density at radius 2 is 1.95 bits per heavy atom. The summed E-state index contributed by atoms with van der Waals surface area (Å²) >= 11 is 0. The summed E-state index contributed by atoms with van der Waals surface area (Å²) < 4.78 is 28.2. The number of hydrogen-bond donors (Lipinski definition) is 2. The Hall–Kier alpha value is -0.170. The second-order valence-electron chi connectivity index (χ2n) is 6.65. The van der Waals surface area contributed by atoms with E-state index < -0.39 is 10.2 Å². The third kappa shape index (κ3) is 4.70. The lowest BCUT2D eigenvalue weighted by Crippen LogP contribution is -2.40. The third-order valence-electron chi connectivity index (χ3n) is 4.30. The van der Waals surface area contributed by atoms with E-state index in [0.29, 0.717) is 30.5 Å². The van der Waals surface area contributed by atoms with Gasteiger partial charge < -0.3 is 5.32 Å². The molecule has 0 aromatic heterocycles. The van der Waals surface area contributed by atoms with Crippen LogP contribution in [0.1, 0.15) is 39.5 Å². The van der Waals surface area contributed by atoms with Crippen LogP contribution in [0.4, 0.5) is 0 Å². The Morgan fingerprint density at radius 3 is 2.47 bits per heavy atom. The Labute approximate surface area is 117 Å². The van der Waals surface area contributed by atoms with Gasteiger partial charge in [-0.3, -0.25) is 0 Å². The van der Waals surface area contributed by atoms with E-state index in [4.69, 9.17) is 0 Å². The fourth-order valence-electron chi connectivity index (χ4n) is 2.26. The summed E-state index contributed by atoms with van der Waals surface area (Å²) in [5.41, 5.74) is 0.315. The summed E-state index contributed by atoms with van der Waals surface area (Å²) in [7, 11) is -1.64. The van der Waals surface area contributed by atoms with Crippen molar-refractivity contribution >= 4 is 10.2 Å². The van der Waals surface area contributed by atoms with Gasteiger partial charge in [0.05, 0.1) is 0 Å². The van der Waals surface area contributed by atoms with Gasteiger partial charge in [0.2, 0.25) is 0 Å². The van der Waals surface area contributed by atoms with Crippen molar-refractivity contribution in [1.29, 1.82) is 0 Å². The summed E-state index contributed by atoms with van der Waals surface area (Å²) in [5, 5.41) is 3.39. The van der Waals surface area contributed by atoms with E-state index in [1.807, 2.05) is 0 Å². The van der Waals surface area contributed by atoms with Crippen molar-refractivity contribution in [2.45, 2.75) is 45.6 Å². The van der Waals surface area contributed by atoms with Crippen LogP contribution in [0.3, 0.4) is 0 Å². The molecule has 0 bridgehead atoms. The minimum absolute atomic E-state index is 0.315. The summed E-state index contributed by atoms with van der Waals surface area (Å²) in [6.07, 6.45) is 4.52. The molecule has 0 aliphatic heterocycles. The molecule has 2 rings (SSSR count). The molecule has 19 heavy (non-hydrogen) atoms. The Morgan fingerprint density at radius 1 is 1.32 bits per heavy atom. The van der Waals surface area contributed by atoms with E-state index in [0.717, 1.165) is 19.4 Å². The SMILES string of the molecule is CN(CCCNC1CC1)S(=O)(=O)NCC1CC1(C)C. The standard InChI is InChI=1S/C13H27N3O2S/c1-13(2)9-11(13)10-15-19(17,18)16(3)8-4-7-14-12-5-6-12/h11-12,14-15H,4-10H2,1-3H3. The van der Waals surface area contributed by atoms with Crippen LogP contribution in [-0.2, 0) is 10.2 Å². The molecule has 0 aromatic carbocycles. The van der Waals surface area contributed by atoms with E-state index in [1.165, 1.54) is 17.1 Å². The topological polar surface area (TPSA) is 61.4 Å². The second-order valence-corrected chi connectivity index (χ2v) is 8.51. The zero-order valence-corrected chi connectivity index (χ0v) is 13.1. The normalized spacial score (nSPS) is 25.8.